The average Bonchev–Trinajstić information content (AvgIpc) is 2.83. The van der Waals surface area contributed by atoms with E-state index in [1.54, 1.807) is 32.4 Å². The minimum Gasteiger partial charge on any atom is -0.497 e. The lowest BCUT2D eigenvalue weighted by molar-refractivity contribution is 0.0170. The molecule has 33 heavy (non-hydrogen) atoms. The number of morpholine rings is 1. The Morgan fingerprint density at radius 3 is 2.39 bits per heavy atom. The summed E-state index contributed by atoms with van der Waals surface area (Å²) in [4.78, 5) is 6.74. The Bertz CT molecular complexity index is 863. The zero-order valence-corrected chi connectivity index (χ0v) is 21.8. The number of guanidine groups is 1. The van der Waals surface area contributed by atoms with Crippen LogP contribution in [0.5, 0.6) is 11.5 Å². The first kappa shape index (κ1) is 27.1. The average molecular weight is 572 g/mol. The quantitative estimate of drug-likeness (QED) is 0.273. The number of rotatable bonds is 9. The van der Waals surface area contributed by atoms with Gasteiger partial charge >= 0.3 is 0 Å². The summed E-state index contributed by atoms with van der Waals surface area (Å²) in [6.07, 6.45) is -0.234. The predicted octanol–water partition coefficient (Wildman–Crippen LogP) is 3.46. The van der Waals surface area contributed by atoms with Crippen molar-refractivity contribution in [3.8, 4) is 11.5 Å². The van der Waals surface area contributed by atoms with Crippen LogP contribution in [0.1, 0.15) is 18.5 Å². The first-order valence-electron chi connectivity index (χ1n) is 10.9. The minimum absolute atomic E-state index is 0. The van der Waals surface area contributed by atoms with Gasteiger partial charge in [-0.15, -0.1) is 24.0 Å². The molecule has 2 unspecified atom stereocenters. The van der Waals surface area contributed by atoms with Gasteiger partial charge in [-0.3, -0.25) is 9.89 Å². The first-order chi connectivity index (χ1) is 15.6. The highest BCUT2D eigenvalue weighted by Crippen LogP contribution is 2.23. The molecule has 0 saturated carbocycles. The molecule has 2 N–H and O–H groups in total. The molecular weight excluding hydrogens is 538 g/mol. The largest absolute Gasteiger partial charge is 0.497 e. The fraction of sp³-hybridized carbons (Fsp3) is 0.458. The van der Waals surface area contributed by atoms with E-state index in [0.717, 1.165) is 32.1 Å². The van der Waals surface area contributed by atoms with Crippen molar-refractivity contribution in [2.24, 2.45) is 4.99 Å². The number of benzene rings is 2. The number of ether oxygens (including phenoxy) is 3. The Morgan fingerprint density at radius 2 is 1.76 bits per heavy atom. The number of para-hydroxylation sites is 1. The number of hydrogen-bond acceptors (Lipinski definition) is 5. The minimum atomic E-state index is -0.366. The summed E-state index contributed by atoms with van der Waals surface area (Å²) in [5, 5.41) is 6.69. The molecule has 0 aromatic heterocycles. The summed E-state index contributed by atoms with van der Waals surface area (Å²) in [7, 11) is 3.40. The second-order valence-corrected chi connectivity index (χ2v) is 7.63. The van der Waals surface area contributed by atoms with Gasteiger partial charge < -0.3 is 24.8 Å². The van der Waals surface area contributed by atoms with Crippen LogP contribution in [0, 0.1) is 5.82 Å². The fourth-order valence-electron chi connectivity index (χ4n) is 3.63. The van der Waals surface area contributed by atoms with E-state index in [2.05, 4.69) is 32.7 Å². The van der Waals surface area contributed by atoms with E-state index in [1.165, 1.54) is 11.6 Å². The van der Waals surface area contributed by atoms with Crippen LogP contribution in [0.25, 0.3) is 0 Å². The monoisotopic (exact) mass is 572 g/mol. The normalized spacial score (nSPS) is 16.3. The van der Waals surface area contributed by atoms with Gasteiger partial charge in [-0.05, 0) is 36.8 Å². The molecule has 2 aromatic rings. The van der Waals surface area contributed by atoms with Crippen LogP contribution >= 0.6 is 24.0 Å². The highest BCUT2D eigenvalue weighted by Gasteiger charge is 2.23. The Morgan fingerprint density at radius 1 is 1.09 bits per heavy atom. The summed E-state index contributed by atoms with van der Waals surface area (Å²) < 4.78 is 30.3. The van der Waals surface area contributed by atoms with Gasteiger partial charge in [-0.1, -0.05) is 24.3 Å². The van der Waals surface area contributed by atoms with Crippen molar-refractivity contribution in [1.29, 1.82) is 0 Å². The summed E-state index contributed by atoms with van der Waals surface area (Å²) in [6, 6.07) is 14.7. The Kier molecular flexibility index (Phi) is 11.7. The summed E-state index contributed by atoms with van der Waals surface area (Å²) >= 11 is 0. The third-order valence-electron chi connectivity index (χ3n) is 5.40. The van der Waals surface area contributed by atoms with Crippen molar-refractivity contribution >= 4 is 29.9 Å². The number of nitrogens with zero attached hydrogens (tertiary/aromatic N) is 2. The lowest BCUT2D eigenvalue weighted by Gasteiger charge is -2.35. The topological polar surface area (TPSA) is 67.4 Å². The van der Waals surface area contributed by atoms with Crippen LogP contribution < -0.4 is 20.1 Å². The maximum absolute atomic E-state index is 13.8. The third kappa shape index (κ3) is 8.31. The Balaban J connectivity index is 0.00000385. The van der Waals surface area contributed by atoms with Crippen LogP contribution in [-0.4, -0.2) is 70.5 Å². The molecule has 0 spiro atoms. The van der Waals surface area contributed by atoms with E-state index >= 15 is 0 Å². The van der Waals surface area contributed by atoms with Crippen molar-refractivity contribution < 1.29 is 18.6 Å². The van der Waals surface area contributed by atoms with E-state index < -0.39 is 0 Å². The van der Waals surface area contributed by atoms with Crippen molar-refractivity contribution in [1.82, 2.24) is 15.5 Å². The van der Waals surface area contributed by atoms with Crippen molar-refractivity contribution in [2.45, 2.75) is 19.1 Å². The van der Waals surface area contributed by atoms with Crippen LogP contribution in [0.2, 0.25) is 0 Å². The molecule has 2 aromatic carbocycles. The number of aliphatic imine (C=N–C) groups is 1. The Hall–Kier alpha value is -2.11. The van der Waals surface area contributed by atoms with E-state index in [-0.39, 0.29) is 47.7 Å². The highest BCUT2D eigenvalue weighted by molar-refractivity contribution is 14.0. The Labute approximate surface area is 212 Å². The van der Waals surface area contributed by atoms with E-state index in [1.807, 2.05) is 19.1 Å². The molecule has 9 heteroatoms. The smallest absolute Gasteiger partial charge is 0.191 e. The molecule has 0 radical (unpaired) electrons. The van der Waals surface area contributed by atoms with Gasteiger partial charge in [0.15, 0.2) is 17.5 Å². The SMILES string of the molecule is CN=C(NCC(C)Oc1ccccc1F)NCC(c1ccc(OC)cc1)N1CCOCC1.I. The summed E-state index contributed by atoms with van der Waals surface area (Å²) in [5.41, 5.74) is 1.20. The van der Waals surface area contributed by atoms with Crippen molar-refractivity contribution in [3.05, 3.63) is 59.9 Å². The molecule has 0 bridgehead atoms. The molecule has 1 heterocycles. The molecule has 182 valence electrons. The number of halogens is 2. The molecule has 0 amide bonds. The molecule has 1 aliphatic heterocycles. The van der Waals surface area contributed by atoms with Gasteiger partial charge in [0.05, 0.1) is 32.9 Å². The van der Waals surface area contributed by atoms with Crippen LogP contribution in [0.3, 0.4) is 0 Å². The lowest BCUT2D eigenvalue weighted by atomic mass is 10.0. The van der Waals surface area contributed by atoms with E-state index in [9.17, 15) is 4.39 Å². The maximum Gasteiger partial charge on any atom is 0.191 e. The fourth-order valence-corrected chi connectivity index (χ4v) is 3.63. The molecule has 1 saturated heterocycles. The molecule has 3 rings (SSSR count). The second kappa shape index (κ2) is 14.2. The predicted molar refractivity (Wildman–Crippen MR) is 139 cm³/mol. The van der Waals surface area contributed by atoms with Gasteiger partial charge in [0.2, 0.25) is 0 Å². The van der Waals surface area contributed by atoms with Gasteiger partial charge in [0, 0.05) is 26.7 Å². The molecular formula is C24H34FIN4O3. The third-order valence-corrected chi connectivity index (χ3v) is 5.40. The second-order valence-electron chi connectivity index (χ2n) is 7.63. The van der Waals surface area contributed by atoms with Gasteiger partial charge in [-0.2, -0.15) is 0 Å². The van der Waals surface area contributed by atoms with Gasteiger partial charge in [-0.25, -0.2) is 4.39 Å². The molecule has 7 nitrogen and oxygen atoms in total. The summed E-state index contributed by atoms with van der Waals surface area (Å²) in [5.74, 6) is 1.39. The van der Waals surface area contributed by atoms with Gasteiger partial charge in [0.1, 0.15) is 11.9 Å². The van der Waals surface area contributed by atoms with Crippen LogP contribution in [0.15, 0.2) is 53.5 Å². The lowest BCUT2D eigenvalue weighted by Crippen LogP contribution is -2.47. The van der Waals surface area contributed by atoms with Crippen molar-refractivity contribution in [3.63, 3.8) is 0 Å². The number of methoxy groups -OCH3 is 1. The summed E-state index contributed by atoms with van der Waals surface area (Å²) in [6.45, 7) is 6.25. The van der Waals surface area contributed by atoms with Crippen LogP contribution in [0.4, 0.5) is 4.39 Å². The molecule has 0 aliphatic carbocycles. The highest BCUT2D eigenvalue weighted by atomic mass is 127. The zero-order chi connectivity index (χ0) is 22.8. The maximum atomic E-state index is 13.8. The van der Waals surface area contributed by atoms with Crippen molar-refractivity contribution in [2.75, 3.05) is 53.6 Å². The molecule has 2 atom stereocenters. The van der Waals surface area contributed by atoms with E-state index in [4.69, 9.17) is 14.2 Å². The number of hydrogen-bond donors (Lipinski definition) is 2. The zero-order valence-electron chi connectivity index (χ0n) is 19.4. The molecule has 1 fully saturated rings. The van der Waals surface area contributed by atoms with E-state index in [0.29, 0.717) is 19.0 Å². The molecule has 1 aliphatic rings. The first-order valence-corrected chi connectivity index (χ1v) is 10.9. The van der Waals surface area contributed by atoms with Crippen LogP contribution in [-0.2, 0) is 4.74 Å². The standard InChI is InChI=1S/C24H33FN4O3.HI/c1-18(32-23-7-5-4-6-21(23)25)16-27-24(26-2)28-17-22(29-12-14-31-15-13-29)19-8-10-20(30-3)11-9-19;/h4-11,18,22H,12-17H2,1-3H3,(H2,26,27,28);1H. The van der Waals surface area contributed by atoms with Gasteiger partial charge in [0.25, 0.3) is 0 Å². The number of nitrogens with one attached hydrogen (secondary N) is 2.